The van der Waals surface area contributed by atoms with Crippen LogP contribution >= 0.6 is 0 Å². The van der Waals surface area contributed by atoms with E-state index in [4.69, 9.17) is 10.5 Å². The number of esters is 1. The van der Waals surface area contributed by atoms with Gasteiger partial charge in [-0.05, 0) is 25.3 Å². The van der Waals surface area contributed by atoms with Crippen molar-refractivity contribution in [3.63, 3.8) is 0 Å². The highest BCUT2D eigenvalue weighted by atomic mass is 16.5. The Morgan fingerprint density at radius 2 is 1.81 bits per heavy atom. The van der Waals surface area contributed by atoms with Crippen molar-refractivity contribution < 1.29 is 14.3 Å². The molecule has 0 aliphatic carbocycles. The fraction of sp³-hybridized carbons (Fsp3) is 0.500. The van der Waals surface area contributed by atoms with Crippen LogP contribution in [0.1, 0.15) is 33.3 Å². The summed E-state index contributed by atoms with van der Waals surface area (Å²) in [7, 11) is 0. The molecule has 0 fully saturated rings. The molecule has 0 aliphatic rings. The number of ether oxygens (including phenoxy) is 1. The largest absolute Gasteiger partial charge is 0.459 e. The molecule has 3 N–H and O–H groups in total. The molecule has 1 rings (SSSR count). The molecule has 1 aromatic carbocycles. The molecule has 0 spiro atoms. The van der Waals surface area contributed by atoms with Crippen molar-refractivity contribution >= 4 is 11.9 Å². The summed E-state index contributed by atoms with van der Waals surface area (Å²) in [5.74, 6) is -0.844. The van der Waals surface area contributed by atoms with Crippen LogP contribution < -0.4 is 11.1 Å². The predicted octanol–water partition coefficient (Wildman–Crippen LogP) is 1.61. The average molecular weight is 292 g/mol. The van der Waals surface area contributed by atoms with Gasteiger partial charge in [0.25, 0.3) is 0 Å². The van der Waals surface area contributed by atoms with Crippen molar-refractivity contribution in [3.05, 3.63) is 35.9 Å². The maximum atomic E-state index is 12.1. The summed E-state index contributed by atoms with van der Waals surface area (Å²) in [5, 5.41) is 2.63. The lowest BCUT2D eigenvalue weighted by molar-refractivity contribution is -0.153. The molecule has 5 nitrogen and oxygen atoms in total. The predicted molar refractivity (Wildman–Crippen MR) is 81.3 cm³/mol. The summed E-state index contributed by atoms with van der Waals surface area (Å²) in [6, 6.07) is 8.73. The van der Waals surface area contributed by atoms with Crippen LogP contribution in [0.4, 0.5) is 0 Å². The first-order valence-electron chi connectivity index (χ1n) is 7.03. The second-order valence-electron chi connectivity index (χ2n) is 5.95. The number of rotatable bonds is 6. The van der Waals surface area contributed by atoms with Crippen molar-refractivity contribution in [1.82, 2.24) is 5.32 Å². The monoisotopic (exact) mass is 292 g/mol. The van der Waals surface area contributed by atoms with Crippen molar-refractivity contribution in [2.24, 2.45) is 11.7 Å². The highest BCUT2D eigenvalue weighted by Crippen LogP contribution is 2.10. The number of hydrogen-bond donors (Lipinski definition) is 2. The number of nitrogens with two attached hydrogens (primary N) is 1. The molecule has 0 aromatic heterocycles. The molecule has 0 radical (unpaired) electrons. The molecule has 0 heterocycles. The normalized spacial score (nSPS) is 12.9. The molecule has 1 amide bonds. The van der Waals surface area contributed by atoms with Crippen molar-refractivity contribution in [2.75, 3.05) is 0 Å². The number of benzene rings is 1. The summed E-state index contributed by atoms with van der Waals surface area (Å²) >= 11 is 0. The van der Waals surface area contributed by atoms with Crippen LogP contribution in [-0.4, -0.2) is 23.5 Å². The van der Waals surface area contributed by atoms with Crippen LogP contribution in [0, 0.1) is 5.92 Å². The first-order chi connectivity index (χ1) is 9.74. The maximum Gasteiger partial charge on any atom is 0.331 e. The Bertz CT molecular complexity index is 484. The Kier molecular flexibility index (Phi) is 5.90. The molecular formula is C16H24N2O3. The first-order valence-corrected chi connectivity index (χ1v) is 7.03. The van der Waals surface area contributed by atoms with Crippen molar-refractivity contribution in [1.29, 1.82) is 0 Å². The molecular weight excluding hydrogens is 268 g/mol. The summed E-state index contributed by atoms with van der Waals surface area (Å²) in [6.45, 7) is 7.09. The van der Waals surface area contributed by atoms with E-state index in [1.165, 1.54) is 0 Å². The summed E-state index contributed by atoms with van der Waals surface area (Å²) in [5.41, 5.74) is 5.55. The summed E-state index contributed by atoms with van der Waals surface area (Å²) in [6.07, 6.45) is 0. The Balaban J connectivity index is 2.57. The van der Waals surface area contributed by atoms with Gasteiger partial charge in [-0.15, -0.1) is 0 Å². The highest BCUT2D eigenvalue weighted by molar-refractivity contribution is 5.89. The lowest BCUT2D eigenvalue weighted by Crippen LogP contribution is -2.56. The van der Waals surface area contributed by atoms with Gasteiger partial charge in [-0.25, -0.2) is 4.79 Å². The van der Waals surface area contributed by atoms with E-state index in [0.717, 1.165) is 5.56 Å². The van der Waals surface area contributed by atoms with E-state index in [2.05, 4.69) is 5.32 Å². The van der Waals surface area contributed by atoms with E-state index in [1.807, 2.05) is 44.2 Å². The van der Waals surface area contributed by atoms with E-state index in [0.29, 0.717) is 0 Å². The van der Waals surface area contributed by atoms with Gasteiger partial charge < -0.3 is 15.8 Å². The number of amides is 1. The molecule has 0 aliphatic heterocycles. The minimum atomic E-state index is -1.11. The number of carbonyl (C=O) groups excluding carboxylic acids is 2. The Hall–Kier alpha value is -1.88. The molecule has 5 heteroatoms. The highest BCUT2D eigenvalue weighted by Gasteiger charge is 2.33. The second-order valence-corrected chi connectivity index (χ2v) is 5.95. The standard InChI is InChI=1S/C16H24N2O3/c1-11(2)13(17)14(19)18-16(3,4)15(20)21-10-12-8-6-5-7-9-12/h5-9,11,13H,10,17H2,1-4H3,(H,18,19)/t13-/m0/s1. The molecule has 1 atom stereocenters. The van der Waals surface area contributed by atoms with Gasteiger partial charge in [-0.2, -0.15) is 0 Å². The number of hydrogen-bond acceptors (Lipinski definition) is 4. The van der Waals surface area contributed by atoms with Gasteiger partial charge >= 0.3 is 5.97 Å². The molecule has 1 aromatic rings. The van der Waals surface area contributed by atoms with Gasteiger partial charge in [0.05, 0.1) is 6.04 Å². The fourth-order valence-electron chi connectivity index (χ4n) is 1.65. The van der Waals surface area contributed by atoms with E-state index < -0.39 is 17.6 Å². The quantitative estimate of drug-likeness (QED) is 0.780. The zero-order valence-corrected chi connectivity index (χ0v) is 13.1. The molecule has 116 valence electrons. The van der Waals surface area contributed by atoms with Gasteiger partial charge in [-0.1, -0.05) is 44.2 Å². The van der Waals surface area contributed by atoms with Gasteiger partial charge in [0, 0.05) is 0 Å². The fourth-order valence-corrected chi connectivity index (χ4v) is 1.65. The summed E-state index contributed by atoms with van der Waals surface area (Å²) in [4.78, 5) is 24.0. The van der Waals surface area contributed by atoms with Crippen molar-refractivity contribution in [3.8, 4) is 0 Å². The molecule has 21 heavy (non-hydrogen) atoms. The van der Waals surface area contributed by atoms with E-state index in [-0.39, 0.29) is 18.4 Å². The number of nitrogens with one attached hydrogen (secondary N) is 1. The lowest BCUT2D eigenvalue weighted by Gasteiger charge is -2.26. The molecule has 0 saturated carbocycles. The van der Waals surface area contributed by atoms with E-state index in [1.54, 1.807) is 13.8 Å². The van der Waals surface area contributed by atoms with Crippen LogP contribution in [0.5, 0.6) is 0 Å². The van der Waals surface area contributed by atoms with Crippen LogP contribution in [0.2, 0.25) is 0 Å². The molecule has 0 bridgehead atoms. The third kappa shape index (κ3) is 5.19. The second kappa shape index (κ2) is 7.22. The van der Waals surface area contributed by atoms with E-state index >= 15 is 0 Å². The SMILES string of the molecule is CC(C)[C@H](N)C(=O)NC(C)(C)C(=O)OCc1ccccc1. The Labute approximate surface area is 125 Å². The first kappa shape index (κ1) is 17.2. The van der Waals surface area contributed by atoms with Gasteiger partial charge in [-0.3, -0.25) is 4.79 Å². The van der Waals surface area contributed by atoms with Crippen LogP contribution in [0.15, 0.2) is 30.3 Å². The van der Waals surface area contributed by atoms with Crippen LogP contribution in [-0.2, 0) is 20.9 Å². The zero-order valence-electron chi connectivity index (χ0n) is 13.1. The van der Waals surface area contributed by atoms with Gasteiger partial charge in [0.1, 0.15) is 12.1 Å². The van der Waals surface area contributed by atoms with Crippen LogP contribution in [0.3, 0.4) is 0 Å². The topological polar surface area (TPSA) is 81.4 Å². The molecule has 0 unspecified atom stereocenters. The van der Waals surface area contributed by atoms with Gasteiger partial charge in [0.15, 0.2) is 0 Å². The lowest BCUT2D eigenvalue weighted by atomic mass is 10.0. The zero-order chi connectivity index (χ0) is 16.0. The minimum Gasteiger partial charge on any atom is -0.459 e. The number of carbonyl (C=O) groups is 2. The Morgan fingerprint density at radius 3 is 2.33 bits per heavy atom. The maximum absolute atomic E-state index is 12.1. The van der Waals surface area contributed by atoms with Gasteiger partial charge in [0.2, 0.25) is 5.91 Å². The third-order valence-corrected chi connectivity index (χ3v) is 3.18. The smallest absolute Gasteiger partial charge is 0.331 e. The van der Waals surface area contributed by atoms with Crippen molar-refractivity contribution in [2.45, 2.75) is 45.9 Å². The summed E-state index contributed by atoms with van der Waals surface area (Å²) < 4.78 is 5.24. The van der Waals surface area contributed by atoms with E-state index in [9.17, 15) is 9.59 Å². The minimum absolute atomic E-state index is 0.00105. The molecule has 0 saturated heterocycles. The third-order valence-electron chi connectivity index (χ3n) is 3.18. The average Bonchev–Trinajstić information content (AvgIpc) is 2.44. The Morgan fingerprint density at radius 1 is 1.24 bits per heavy atom. The van der Waals surface area contributed by atoms with Crippen LogP contribution in [0.25, 0.3) is 0 Å².